The summed E-state index contributed by atoms with van der Waals surface area (Å²) in [6, 6.07) is 9.37. The smallest absolute Gasteiger partial charge is 0.230 e. The molecule has 0 unspecified atom stereocenters. The number of aromatic nitrogens is 3. The normalized spacial score (nSPS) is 10.0. The lowest BCUT2D eigenvalue weighted by Gasteiger charge is -2.13. The maximum atomic E-state index is 9.00. The standard InChI is InChI=1S/C15H18N6/c1-4-8-17-14-18-13(19-15(20-14)21(2)3)12-7-5-6-11(9-12)10-16/h5-7,9H,4,8H2,1-3H3,(H,17,18,19,20). The van der Waals surface area contributed by atoms with Gasteiger partial charge < -0.3 is 10.2 Å². The van der Waals surface area contributed by atoms with Crippen molar-refractivity contribution in [3.8, 4) is 17.5 Å². The molecule has 1 aromatic heterocycles. The van der Waals surface area contributed by atoms with Crippen LogP contribution in [0.3, 0.4) is 0 Å². The predicted octanol–water partition coefficient (Wildman–Crippen LogP) is 2.30. The van der Waals surface area contributed by atoms with Crippen LogP contribution in [0.5, 0.6) is 0 Å². The Morgan fingerprint density at radius 2 is 2.05 bits per heavy atom. The van der Waals surface area contributed by atoms with Crippen molar-refractivity contribution in [3.63, 3.8) is 0 Å². The zero-order valence-electron chi connectivity index (χ0n) is 12.5. The number of benzene rings is 1. The van der Waals surface area contributed by atoms with Crippen LogP contribution in [0.15, 0.2) is 24.3 Å². The summed E-state index contributed by atoms with van der Waals surface area (Å²) < 4.78 is 0. The molecular weight excluding hydrogens is 264 g/mol. The number of nitriles is 1. The third kappa shape index (κ3) is 3.66. The van der Waals surface area contributed by atoms with Crippen molar-refractivity contribution in [2.75, 3.05) is 30.9 Å². The number of hydrogen-bond acceptors (Lipinski definition) is 6. The highest BCUT2D eigenvalue weighted by Crippen LogP contribution is 2.19. The van der Waals surface area contributed by atoms with Gasteiger partial charge in [-0.3, -0.25) is 0 Å². The minimum Gasteiger partial charge on any atom is -0.354 e. The Bertz CT molecular complexity index is 659. The molecule has 0 spiro atoms. The van der Waals surface area contributed by atoms with E-state index >= 15 is 0 Å². The molecule has 0 atom stereocenters. The zero-order valence-corrected chi connectivity index (χ0v) is 12.5. The summed E-state index contributed by atoms with van der Waals surface area (Å²) in [6.45, 7) is 2.88. The molecule has 2 rings (SSSR count). The molecule has 0 saturated carbocycles. The van der Waals surface area contributed by atoms with Crippen molar-refractivity contribution in [1.29, 1.82) is 5.26 Å². The van der Waals surface area contributed by atoms with E-state index in [1.165, 1.54) is 0 Å². The first-order chi connectivity index (χ1) is 10.1. The lowest BCUT2D eigenvalue weighted by Crippen LogP contribution is -2.16. The van der Waals surface area contributed by atoms with Crippen molar-refractivity contribution in [3.05, 3.63) is 29.8 Å². The molecule has 0 saturated heterocycles. The van der Waals surface area contributed by atoms with Gasteiger partial charge in [-0.15, -0.1) is 0 Å². The minimum atomic E-state index is 0.549. The van der Waals surface area contributed by atoms with E-state index < -0.39 is 0 Å². The van der Waals surface area contributed by atoms with E-state index in [9.17, 15) is 0 Å². The van der Waals surface area contributed by atoms with E-state index in [0.29, 0.717) is 23.3 Å². The van der Waals surface area contributed by atoms with Gasteiger partial charge in [-0.05, 0) is 18.6 Å². The largest absolute Gasteiger partial charge is 0.354 e. The fraction of sp³-hybridized carbons (Fsp3) is 0.333. The van der Waals surface area contributed by atoms with Gasteiger partial charge in [0.15, 0.2) is 5.82 Å². The van der Waals surface area contributed by atoms with Crippen molar-refractivity contribution < 1.29 is 0 Å². The molecular formula is C15H18N6. The molecule has 0 bridgehead atoms. The summed E-state index contributed by atoms with van der Waals surface area (Å²) in [5.41, 5.74) is 1.39. The molecule has 1 N–H and O–H groups in total. The lowest BCUT2D eigenvalue weighted by molar-refractivity contribution is 0.920. The van der Waals surface area contributed by atoms with Gasteiger partial charge in [-0.25, -0.2) is 0 Å². The first kappa shape index (κ1) is 14.7. The molecule has 6 nitrogen and oxygen atoms in total. The quantitative estimate of drug-likeness (QED) is 0.906. The van der Waals surface area contributed by atoms with Gasteiger partial charge in [-0.2, -0.15) is 20.2 Å². The Kier molecular flexibility index (Phi) is 4.67. The predicted molar refractivity (Wildman–Crippen MR) is 83.1 cm³/mol. The average Bonchev–Trinajstić information content (AvgIpc) is 2.52. The van der Waals surface area contributed by atoms with E-state index in [-0.39, 0.29) is 0 Å². The topological polar surface area (TPSA) is 77.7 Å². The Labute approximate surface area is 124 Å². The molecule has 0 aliphatic heterocycles. The van der Waals surface area contributed by atoms with E-state index in [2.05, 4.69) is 33.3 Å². The Balaban J connectivity index is 2.46. The van der Waals surface area contributed by atoms with Crippen molar-refractivity contribution in [2.45, 2.75) is 13.3 Å². The fourth-order valence-corrected chi connectivity index (χ4v) is 1.74. The maximum Gasteiger partial charge on any atom is 0.230 e. The summed E-state index contributed by atoms with van der Waals surface area (Å²) in [6.07, 6.45) is 0.988. The summed E-state index contributed by atoms with van der Waals surface area (Å²) in [7, 11) is 3.77. The maximum absolute atomic E-state index is 9.00. The van der Waals surface area contributed by atoms with Crippen LogP contribution in [-0.4, -0.2) is 35.6 Å². The molecule has 0 radical (unpaired) electrons. The summed E-state index contributed by atoms with van der Waals surface area (Å²) in [5, 5.41) is 12.2. The van der Waals surface area contributed by atoms with Gasteiger partial charge in [-0.1, -0.05) is 19.1 Å². The van der Waals surface area contributed by atoms with Crippen LogP contribution in [0.4, 0.5) is 11.9 Å². The SMILES string of the molecule is CCCNc1nc(-c2cccc(C#N)c2)nc(N(C)C)n1. The van der Waals surface area contributed by atoms with Gasteiger partial charge in [0.05, 0.1) is 11.6 Å². The highest BCUT2D eigenvalue weighted by atomic mass is 15.3. The van der Waals surface area contributed by atoms with Crippen LogP contribution in [0.2, 0.25) is 0 Å². The number of nitrogens with one attached hydrogen (secondary N) is 1. The van der Waals surface area contributed by atoms with E-state index in [1.54, 1.807) is 12.1 Å². The van der Waals surface area contributed by atoms with E-state index in [1.807, 2.05) is 31.1 Å². The highest BCUT2D eigenvalue weighted by molar-refractivity contribution is 5.60. The summed E-state index contributed by atoms with van der Waals surface area (Å²) in [5.74, 6) is 1.69. The fourth-order valence-electron chi connectivity index (χ4n) is 1.74. The molecule has 0 amide bonds. The summed E-state index contributed by atoms with van der Waals surface area (Å²) in [4.78, 5) is 15.1. The molecule has 108 valence electrons. The van der Waals surface area contributed by atoms with Crippen LogP contribution < -0.4 is 10.2 Å². The molecule has 2 aromatic rings. The first-order valence-corrected chi connectivity index (χ1v) is 6.82. The number of nitrogens with zero attached hydrogens (tertiary/aromatic N) is 5. The molecule has 1 aromatic carbocycles. The highest BCUT2D eigenvalue weighted by Gasteiger charge is 2.10. The number of anilines is 2. The van der Waals surface area contributed by atoms with Crippen LogP contribution in [0.25, 0.3) is 11.4 Å². The third-order valence-corrected chi connectivity index (χ3v) is 2.81. The van der Waals surface area contributed by atoms with Gasteiger partial charge in [0, 0.05) is 26.2 Å². The zero-order chi connectivity index (χ0) is 15.2. The first-order valence-electron chi connectivity index (χ1n) is 6.82. The molecule has 21 heavy (non-hydrogen) atoms. The molecule has 0 fully saturated rings. The average molecular weight is 282 g/mol. The molecule has 1 heterocycles. The number of rotatable bonds is 5. The van der Waals surface area contributed by atoms with E-state index in [0.717, 1.165) is 18.5 Å². The second-order valence-corrected chi connectivity index (χ2v) is 4.80. The van der Waals surface area contributed by atoms with Crippen LogP contribution in [-0.2, 0) is 0 Å². The Morgan fingerprint density at radius 1 is 1.24 bits per heavy atom. The van der Waals surface area contributed by atoms with Gasteiger partial charge >= 0.3 is 0 Å². The monoisotopic (exact) mass is 282 g/mol. The molecule has 6 heteroatoms. The van der Waals surface area contributed by atoms with Crippen molar-refractivity contribution in [1.82, 2.24) is 15.0 Å². The number of hydrogen-bond donors (Lipinski definition) is 1. The lowest BCUT2D eigenvalue weighted by atomic mass is 10.1. The Hall–Kier alpha value is -2.68. The second-order valence-electron chi connectivity index (χ2n) is 4.80. The van der Waals surface area contributed by atoms with Gasteiger partial charge in [0.25, 0.3) is 0 Å². The van der Waals surface area contributed by atoms with Crippen LogP contribution in [0, 0.1) is 11.3 Å². The van der Waals surface area contributed by atoms with Crippen LogP contribution >= 0.6 is 0 Å². The second kappa shape index (κ2) is 6.66. The van der Waals surface area contributed by atoms with Gasteiger partial charge in [0.1, 0.15) is 0 Å². The van der Waals surface area contributed by atoms with Crippen LogP contribution in [0.1, 0.15) is 18.9 Å². The summed E-state index contributed by atoms with van der Waals surface area (Å²) >= 11 is 0. The minimum absolute atomic E-state index is 0.549. The molecule has 0 aliphatic carbocycles. The van der Waals surface area contributed by atoms with E-state index in [4.69, 9.17) is 5.26 Å². The Morgan fingerprint density at radius 3 is 2.71 bits per heavy atom. The third-order valence-electron chi connectivity index (χ3n) is 2.81. The van der Waals surface area contributed by atoms with Crippen molar-refractivity contribution in [2.24, 2.45) is 0 Å². The van der Waals surface area contributed by atoms with Crippen molar-refractivity contribution >= 4 is 11.9 Å². The van der Waals surface area contributed by atoms with Gasteiger partial charge in [0.2, 0.25) is 11.9 Å². The molecule has 0 aliphatic rings.